The molecular formula is C20H23NO3. The summed E-state index contributed by atoms with van der Waals surface area (Å²) in [6.07, 6.45) is 0.642. The minimum absolute atomic E-state index is 0.0167. The van der Waals surface area contributed by atoms with E-state index in [9.17, 15) is 14.7 Å². The number of rotatable bonds is 3. The Balaban J connectivity index is 1.81. The van der Waals surface area contributed by atoms with Gasteiger partial charge in [0.2, 0.25) is 5.91 Å². The van der Waals surface area contributed by atoms with Crippen molar-refractivity contribution in [1.82, 2.24) is 4.90 Å². The molecule has 3 unspecified atom stereocenters. The summed E-state index contributed by atoms with van der Waals surface area (Å²) in [5.74, 6) is -1.30. The SMILES string of the molecule is CC1CC(C(=O)O)CN(C(=O)C(C)c2ccc3ccccc3c2)C1. The Bertz CT molecular complexity index is 770. The normalized spacial score (nSPS) is 22.3. The zero-order chi connectivity index (χ0) is 17.3. The third-order valence-electron chi connectivity index (χ3n) is 4.96. The number of hydrogen-bond acceptors (Lipinski definition) is 2. The van der Waals surface area contributed by atoms with Crippen molar-refractivity contribution < 1.29 is 14.7 Å². The van der Waals surface area contributed by atoms with E-state index in [1.54, 1.807) is 4.90 Å². The lowest BCUT2D eigenvalue weighted by molar-refractivity contribution is -0.147. The smallest absolute Gasteiger partial charge is 0.308 e. The van der Waals surface area contributed by atoms with Crippen molar-refractivity contribution >= 4 is 22.6 Å². The fourth-order valence-electron chi connectivity index (χ4n) is 3.60. The highest BCUT2D eigenvalue weighted by Crippen LogP contribution is 2.27. The van der Waals surface area contributed by atoms with Gasteiger partial charge in [-0.25, -0.2) is 0 Å². The van der Waals surface area contributed by atoms with Crippen molar-refractivity contribution in [3.63, 3.8) is 0 Å². The Morgan fingerprint density at radius 3 is 2.54 bits per heavy atom. The first-order chi connectivity index (χ1) is 11.5. The highest BCUT2D eigenvalue weighted by molar-refractivity contribution is 5.88. The summed E-state index contributed by atoms with van der Waals surface area (Å²) >= 11 is 0. The Hall–Kier alpha value is -2.36. The van der Waals surface area contributed by atoms with E-state index in [1.807, 2.05) is 44.2 Å². The molecule has 2 aromatic rings. The standard InChI is InChI=1S/C20H23NO3/c1-13-9-18(20(23)24)12-21(11-13)19(22)14(2)16-8-7-15-5-3-4-6-17(15)10-16/h3-8,10,13-14,18H,9,11-12H2,1-2H3,(H,23,24). The van der Waals surface area contributed by atoms with Gasteiger partial charge in [-0.2, -0.15) is 0 Å². The number of amides is 1. The molecule has 0 bridgehead atoms. The Kier molecular flexibility index (Phi) is 4.56. The number of hydrogen-bond donors (Lipinski definition) is 1. The van der Waals surface area contributed by atoms with Crippen molar-refractivity contribution in [1.29, 1.82) is 0 Å². The van der Waals surface area contributed by atoms with E-state index in [2.05, 4.69) is 12.1 Å². The van der Waals surface area contributed by atoms with Crippen LogP contribution < -0.4 is 0 Å². The fourth-order valence-corrected chi connectivity index (χ4v) is 3.60. The van der Waals surface area contributed by atoms with E-state index in [0.29, 0.717) is 19.5 Å². The second kappa shape index (κ2) is 6.63. The first-order valence-electron chi connectivity index (χ1n) is 8.46. The minimum atomic E-state index is -0.808. The number of nitrogens with zero attached hydrogens (tertiary/aromatic N) is 1. The largest absolute Gasteiger partial charge is 0.481 e. The maximum Gasteiger partial charge on any atom is 0.308 e. The van der Waals surface area contributed by atoms with Gasteiger partial charge >= 0.3 is 5.97 Å². The second-order valence-corrected chi connectivity index (χ2v) is 6.95. The molecule has 4 nitrogen and oxygen atoms in total. The van der Waals surface area contributed by atoms with Crippen molar-refractivity contribution in [2.24, 2.45) is 11.8 Å². The summed E-state index contributed by atoms with van der Waals surface area (Å²) in [5.41, 5.74) is 0.976. The van der Waals surface area contributed by atoms with E-state index in [-0.39, 0.29) is 17.7 Å². The molecule has 1 saturated heterocycles. The van der Waals surface area contributed by atoms with E-state index >= 15 is 0 Å². The van der Waals surface area contributed by atoms with Crippen molar-refractivity contribution in [3.05, 3.63) is 48.0 Å². The van der Waals surface area contributed by atoms with Gasteiger partial charge in [-0.1, -0.05) is 49.4 Å². The van der Waals surface area contributed by atoms with Crippen LogP contribution >= 0.6 is 0 Å². The first-order valence-corrected chi connectivity index (χ1v) is 8.46. The lowest BCUT2D eigenvalue weighted by Gasteiger charge is -2.36. The van der Waals surface area contributed by atoms with E-state index < -0.39 is 11.9 Å². The van der Waals surface area contributed by atoms with Crippen molar-refractivity contribution in [2.75, 3.05) is 13.1 Å². The third kappa shape index (κ3) is 3.28. The van der Waals surface area contributed by atoms with Crippen LogP contribution in [0.25, 0.3) is 10.8 Å². The molecule has 1 N–H and O–H groups in total. The van der Waals surface area contributed by atoms with Crippen molar-refractivity contribution in [3.8, 4) is 0 Å². The van der Waals surface area contributed by atoms with Crippen LogP contribution in [0.3, 0.4) is 0 Å². The summed E-state index contributed by atoms with van der Waals surface area (Å²) in [5, 5.41) is 11.6. The molecule has 1 amide bonds. The van der Waals surface area contributed by atoms with Crippen LogP contribution in [0.2, 0.25) is 0 Å². The lowest BCUT2D eigenvalue weighted by Crippen LogP contribution is -2.46. The molecule has 0 aromatic heterocycles. The molecule has 1 aliphatic rings. The molecule has 0 radical (unpaired) electrons. The van der Waals surface area contributed by atoms with Crippen LogP contribution in [-0.4, -0.2) is 35.0 Å². The molecule has 2 aromatic carbocycles. The molecule has 1 fully saturated rings. The number of likely N-dealkylation sites (tertiary alicyclic amines) is 1. The van der Waals surface area contributed by atoms with Crippen LogP contribution in [0.15, 0.2) is 42.5 Å². The summed E-state index contributed by atoms with van der Waals surface area (Å²) < 4.78 is 0. The maximum absolute atomic E-state index is 12.9. The van der Waals surface area contributed by atoms with E-state index in [0.717, 1.165) is 16.3 Å². The van der Waals surface area contributed by atoms with Gasteiger partial charge in [-0.05, 0) is 35.6 Å². The molecule has 24 heavy (non-hydrogen) atoms. The second-order valence-electron chi connectivity index (χ2n) is 6.95. The Labute approximate surface area is 142 Å². The summed E-state index contributed by atoms with van der Waals surface area (Å²) in [4.78, 5) is 25.9. The molecule has 4 heteroatoms. The Morgan fingerprint density at radius 2 is 1.83 bits per heavy atom. The van der Waals surface area contributed by atoms with Gasteiger partial charge in [0.05, 0.1) is 11.8 Å². The number of carboxylic acid groups (broad SMARTS) is 1. The van der Waals surface area contributed by atoms with Gasteiger partial charge in [0.25, 0.3) is 0 Å². The molecule has 1 heterocycles. The molecule has 0 aliphatic carbocycles. The zero-order valence-electron chi connectivity index (χ0n) is 14.1. The monoisotopic (exact) mass is 325 g/mol. The Morgan fingerprint density at radius 1 is 1.12 bits per heavy atom. The minimum Gasteiger partial charge on any atom is -0.481 e. The lowest BCUT2D eigenvalue weighted by atomic mass is 9.89. The van der Waals surface area contributed by atoms with Crippen molar-refractivity contribution in [2.45, 2.75) is 26.2 Å². The van der Waals surface area contributed by atoms with Gasteiger partial charge in [0.15, 0.2) is 0 Å². The molecule has 0 saturated carbocycles. The number of carbonyl (C=O) groups is 2. The summed E-state index contributed by atoms with van der Waals surface area (Å²) in [6.45, 7) is 4.87. The van der Waals surface area contributed by atoms with Gasteiger partial charge < -0.3 is 10.0 Å². The topological polar surface area (TPSA) is 57.6 Å². The van der Waals surface area contributed by atoms with E-state index in [4.69, 9.17) is 0 Å². The molecule has 0 spiro atoms. The van der Waals surface area contributed by atoms with Gasteiger partial charge in [0.1, 0.15) is 0 Å². The number of piperidine rings is 1. The van der Waals surface area contributed by atoms with Crippen LogP contribution in [-0.2, 0) is 9.59 Å². The van der Waals surface area contributed by atoms with Gasteiger partial charge in [0, 0.05) is 13.1 Å². The first kappa shape index (κ1) is 16.5. The molecule has 3 rings (SSSR count). The average Bonchev–Trinajstić information content (AvgIpc) is 2.59. The average molecular weight is 325 g/mol. The quantitative estimate of drug-likeness (QED) is 0.939. The fraction of sp³-hybridized carbons (Fsp3) is 0.400. The third-order valence-corrected chi connectivity index (χ3v) is 4.96. The highest BCUT2D eigenvalue weighted by Gasteiger charge is 2.33. The van der Waals surface area contributed by atoms with Gasteiger partial charge in [-0.3, -0.25) is 9.59 Å². The number of carbonyl (C=O) groups excluding carboxylic acids is 1. The number of carboxylic acids is 1. The molecule has 3 atom stereocenters. The van der Waals surface area contributed by atoms with Crippen LogP contribution in [0.5, 0.6) is 0 Å². The zero-order valence-corrected chi connectivity index (χ0v) is 14.1. The molecular weight excluding hydrogens is 302 g/mol. The molecule has 1 aliphatic heterocycles. The van der Waals surface area contributed by atoms with Crippen LogP contribution in [0.4, 0.5) is 0 Å². The number of fused-ring (bicyclic) bond motifs is 1. The maximum atomic E-state index is 12.9. The highest BCUT2D eigenvalue weighted by atomic mass is 16.4. The summed E-state index contributed by atoms with van der Waals surface area (Å²) in [7, 11) is 0. The predicted octanol–water partition coefficient (Wildman–Crippen LogP) is 3.51. The van der Waals surface area contributed by atoms with Gasteiger partial charge in [-0.15, -0.1) is 0 Å². The van der Waals surface area contributed by atoms with E-state index in [1.165, 1.54) is 0 Å². The summed E-state index contributed by atoms with van der Waals surface area (Å²) in [6, 6.07) is 14.2. The van der Waals surface area contributed by atoms with Crippen LogP contribution in [0.1, 0.15) is 31.7 Å². The van der Waals surface area contributed by atoms with Crippen LogP contribution in [0, 0.1) is 11.8 Å². The molecule has 126 valence electrons. The number of benzene rings is 2. The predicted molar refractivity (Wildman–Crippen MR) is 93.8 cm³/mol. The number of aliphatic carboxylic acids is 1.